The van der Waals surface area contributed by atoms with Crippen molar-refractivity contribution in [2.24, 2.45) is 5.73 Å². The van der Waals surface area contributed by atoms with Crippen LogP contribution in [-0.4, -0.2) is 0 Å². The van der Waals surface area contributed by atoms with E-state index in [9.17, 15) is 0 Å². The summed E-state index contributed by atoms with van der Waals surface area (Å²) in [4.78, 5) is 0. The normalized spacial score (nSPS) is 13.1. The van der Waals surface area contributed by atoms with Gasteiger partial charge < -0.3 is 5.73 Å². The molecule has 0 aliphatic carbocycles. The van der Waals surface area contributed by atoms with E-state index in [0.29, 0.717) is 0 Å². The van der Waals surface area contributed by atoms with E-state index >= 15 is 0 Å². The van der Waals surface area contributed by atoms with Gasteiger partial charge in [0.1, 0.15) is 0 Å². The molecule has 1 nitrogen and oxygen atoms in total. The molecule has 0 bridgehead atoms. The Morgan fingerprint density at radius 3 is 2.14 bits per heavy atom. The predicted molar refractivity (Wildman–Crippen MR) is 65.0 cm³/mol. The van der Waals surface area contributed by atoms with E-state index in [1.54, 1.807) is 0 Å². The Balaban J connectivity index is 3.63. The minimum Gasteiger partial charge on any atom is -0.402 e. The molecule has 0 aromatic heterocycles. The molecule has 0 heterocycles. The molecular weight excluding hydrogens is 170 g/mol. The van der Waals surface area contributed by atoms with Gasteiger partial charge in [0.15, 0.2) is 0 Å². The van der Waals surface area contributed by atoms with Gasteiger partial charge in [-0.05, 0) is 52.5 Å². The fourth-order valence-electron chi connectivity index (χ4n) is 1.19. The first-order valence-electron chi connectivity index (χ1n) is 5.26. The lowest BCUT2D eigenvalue weighted by Gasteiger charge is -2.01. The van der Waals surface area contributed by atoms with Crippen LogP contribution in [0.5, 0.6) is 0 Å². The Hall–Kier alpha value is -0.980. The smallest absolute Gasteiger partial charge is 0.00488 e. The van der Waals surface area contributed by atoms with Gasteiger partial charge in [0.05, 0.1) is 0 Å². The summed E-state index contributed by atoms with van der Waals surface area (Å²) in [5.74, 6) is 0. The average molecular weight is 193 g/mol. The minimum atomic E-state index is 0.867. The van der Waals surface area contributed by atoms with Gasteiger partial charge in [-0.15, -0.1) is 6.58 Å². The summed E-state index contributed by atoms with van der Waals surface area (Å²) in [6.07, 6.45) is 8.87. The quantitative estimate of drug-likeness (QED) is 0.386. The Morgan fingerprint density at radius 2 is 1.64 bits per heavy atom. The van der Waals surface area contributed by atoms with Crippen LogP contribution in [0.2, 0.25) is 0 Å². The van der Waals surface area contributed by atoms with Crippen LogP contribution in [0, 0.1) is 0 Å². The molecule has 0 aliphatic rings. The second-order valence-corrected chi connectivity index (χ2v) is 4.09. The van der Waals surface area contributed by atoms with E-state index in [4.69, 9.17) is 5.73 Å². The number of unbranched alkanes of at least 4 members (excludes halogenated alkanes) is 1. The Morgan fingerprint density at radius 1 is 1.07 bits per heavy atom. The number of rotatable bonds is 6. The second-order valence-electron chi connectivity index (χ2n) is 4.09. The Bertz CT molecular complexity index is 230. The highest BCUT2D eigenvalue weighted by Crippen LogP contribution is 2.11. The van der Waals surface area contributed by atoms with Crippen LogP contribution in [0.4, 0.5) is 0 Å². The zero-order chi connectivity index (χ0) is 11.0. The molecule has 0 saturated carbocycles. The highest BCUT2D eigenvalue weighted by molar-refractivity contribution is 5.13. The van der Waals surface area contributed by atoms with Gasteiger partial charge in [0.25, 0.3) is 0 Å². The van der Waals surface area contributed by atoms with Crippen LogP contribution in [0.25, 0.3) is 0 Å². The lowest BCUT2D eigenvalue weighted by Crippen LogP contribution is -1.88. The summed E-state index contributed by atoms with van der Waals surface area (Å²) < 4.78 is 0. The molecular formula is C13H23N. The summed E-state index contributed by atoms with van der Waals surface area (Å²) in [5.41, 5.74) is 9.09. The first kappa shape index (κ1) is 13.0. The van der Waals surface area contributed by atoms with Gasteiger partial charge in [0.2, 0.25) is 0 Å². The van der Waals surface area contributed by atoms with E-state index in [-0.39, 0.29) is 0 Å². The molecule has 0 aromatic carbocycles. The molecule has 0 spiro atoms. The third-order valence-electron chi connectivity index (χ3n) is 2.06. The molecule has 0 amide bonds. The zero-order valence-electron chi connectivity index (χ0n) is 9.77. The molecule has 80 valence electrons. The lowest BCUT2D eigenvalue weighted by molar-refractivity contribution is 0.726. The SMILES string of the molecule is C=C(C)CCCC/C(C)=C/C=C(\C)N. The predicted octanol–water partition coefficient (Wildman–Crippen LogP) is 3.93. The fraction of sp³-hybridized carbons (Fsp3) is 0.538. The van der Waals surface area contributed by atoms with Gasteiger partial charge >= 0.3 is 0 Å². The molecule has 0 radical (unpaired) electrons. The molecule has 2 N–H and O–H groups in total. The van der Waals surface area contributed by atoms with E-state index in [2.05, 4.69) is 26.5 Å². The molecule has 14 heavy (non-hydrogen) atoms. The van der Waals surface area contributed by atoms with Crippen molar-refractivity contribution in [3.8, 4) is 0 Å². The molecule has 0 saturated heterocycles. The van der Waals surface area contributed by atoms with Crippen LogP contribution in [0.15, 0.2) is 35.6 Å². The summed E-state index contributed by atoms with van der Waals surface area (Å²) in [7, 11) is 0. The lowest BCUT2D eigenvalue weighted by atomic mass is 10.1. The summed E-state index contributed by atoms with van der Waals surface area (Å²) in [6.45, 7) is 10.0. The van der Waals surface area contributed by atoms with Crippen molar-refractivity contribution < 1.29 is 0 Å². The van der Waals surface area contributed by atoms with E-state index in [0.717, 1.165) is 18.5 Å². The monoisotopic (exact) mass is 193 g/mol. The summed E-state index contributed by atoms with van der Waals surface area (Å²) in [5, 5.41) is 0. The van der Waals surface area contributed by atoms with Crippen LogP contribution in [0.1, 0.15) is 46.5 Å². The maximum atomic E-state index is 5.54. The van der Waals surface area contributed by atoms with Gasteiger partial charge in [-0.2, -0.15) is 0 Å². The third kappa shape index (κ3) is 9.11. The van der Waals surface area contributed by atoms with E-state index < -0.39 is 0 Å². The molecule has 0 atom stereocenters. The topological polar surface area (TPSA) is 26.0 Å². The maximum Gasteiger partial charge on any atom is 0.00488 e. The zero-order valence-corrected chi connectivity index (χ0v) is 9.77. The van der Waals surface area contributed by atoms with Crippen LogP contribution < -0.4 is 5.73 Å². The Kier molecular flexibility index (Phi) is 6.91. The van der Waals surface area contributed by atoms with Crippen molar-refractivity contribution >= 4 is 0 Å². The summed E-state index contributed by atoms with van der Waals surface area (Å²) >= 11 is 0. The number of hydrogen-bond donors (Lipinski definition) is 1. The van der Waals surface area contributed by atoms with Crippen molar-refractivity contribution in [3.63, 3.8) is 0 Å². The van der Waals surface area contributed by atoms with E-state index in [1.807, 2.05) is 13.0 Å². The van der Waals surface area contributed by atoms with Crippen molar-refractivity contribution in [3.05, 3.63) is 35.6 Å². The molecule has 0 aromatic rings. The first-order chi connectivity index (χ1) is 6.52. The third-order valence-corrected chi connectivity index (χ3v) is 2.06. The van der Waals surface area contributed by atoms with Crippen molar-refractivity contribution in [2.75, 3.05) is 0 Å². The van der Waals surface area contributed by atoms with E-state index in [1.165, 1.54) is 24.0 Å². The standard InChI is InChI=1S/C13H23N/c1-11(2)7-5-6-8-12(3)9-10-13(4)14/h9-10H,1,5-8,14H2,2-4H3/b12-9+,13-10+. The second kappa shape index (κ2) is 7.43. The highest BCUT2D eigenvalue weighted by atomic mass is 14.5. The minimum absolute atomic E-state index is 0.867. The largest absolute Gasteiger partial charge is 0.402 e. The summed E-state index contributed by atoms with van der Waals surface area (Å²) in [6, 6.07) is 0. The molecule has 0 aliphatic heterocycles. The van der Waals surface area contributed by atoms with Crippen molar-refractivity contribution in [2.45, 2.75) is 46.5 Å². The highest BCUT2D eigenvalue weighted by Gasteiger charge is 1.91. The molecule has 0 unspecified atom stereocenters. The van der Waals surface area contributed by atoms with Crippen molar-refractivity contribution in [1.29, 1.82) is 0 Å². The van der Waals surface area contributed by atoms with Crippen molar-refractivity contribution in [1.82, 2.24) is 0 Å². The van der Waals surface area contributed by atoms with Crippen LogP contribution in [0.3, 0.4) is 0 Å². The van der Waals surface area contributed by atoms with Gasteiger partial charge in [-0.3, -0.25) is 0 Å². The van der Waals surface area contributed by atoms with Crippen LogP contribution in [-0.2, 0) is 0 Å². The number of nitrogens with two attached hydrogens (primary N) is 1. The number of hydrogen-bond acceptors (Lipinski definition) is 1. The van der Waals surface area contributed by atoms with Crippen LogP contribution >= 0.6 is 0 Å². The van der Waals surface area contributed by atoms with Gasteiger partial charge in [-0.1, -0.05) is 17.2 Å². The van der Waals surface area contributed by atoms with Gasteiger partial charge in [-0.25, -0.2) is 0 Å². The molecule has 0 rings (SSSR count). The Labute approximate surface area is 88.4 Å². The number of allylic oxidation sites excluding steroid dienone is 5. The first-order valence-corrected chi connectivity index (χ1v) is 5.26. The average Bonchev–Trinajstić information content (AvgIpc) is 2.08. The van der Waals surface area contributed by atoms with Gasteiger partial charge in [0, 0.05) is 5.70 Å². The molecule has 1 heteroatoms. The maximum absolute atomic E-state index is 5.54. The fourth-order valence-corrected chi connectivity index (χ4v) is 1.19. The molecule has 0 fully saturated rings.